The first-order valence-electron chi connectivity index (χ1n) is 12.0. The molecule has 186 valence electrons. The lowest BCUT2D eigenvalue weighted by Crippen LogP contribution is -2.38. The molecule has 3 aromatic heterocycles. The quantitative estimate of drug-likeness (QED) is 0.464. The van der Waals surface area contributed by atoms with Crippen molar-refractivity contribution < 1.29 is 4.79 Å². The maximum Gasteiger partial charge on any atom is 0.331 e. The maximum absolute atomic E-state index is 13.1. The second kappa shape index (κ2) is 9.10. The Hall–Kier alpha value is -4.21. The third-order valence-corrected chi connectivity index (χ3v) is 7.04. The molecular formula is C26H29N7O3. The number of amides is 1. The number of rotatable bonds is 5. The maximum atomic E-state index is 13.1. The second-order valence-corrected chi connectivity index (χ2v) is 9.37. The Kier molecular flexibility index (Phi) is 5.95. The van der Waals surface area contributed by atoms with Crippen molar-refractivity contribution in [2.45, 2.75) is 38.8 Å². The lowest BCUT2D eigenvalue weighted by atomic mass is 10.1. The topological polar surface area (TPSA) is 107 Å². The molecule has 1 fully saturated rings. The highest BCUT2D eigenvalue weighted by molar-refractivity contribution is 5.95. The monoisotopic (exact) mass is 487 g/mol. The van der Waals surface area contributed by atoms with Gasteiger partial charge in [0.2, 0.25) is 11.9 Å². The summed E-state index contributed by atoms with van der Waals surface area (Å²) in [6, 6.07) is 8.93. The van der Waals surface area contributed by atoms with E-state index >= 15 is 0 Å². The van der Waals surface area contributed by atoms with Gasteiger partial charge in [-0.25, -0.2) is 14.8 Å². The highest BCUT2D eigenvalue weighted by Gasteiger charge is 2.23. The standard InChI is InChI=1S/C26H29N7O3/c1-16-7-6-11-32(16)25-27-14-19(15-28-25)18-8-5-9-20(13-18)29-23(34)17(2)33-12-10-21-22(33)24(35)31(4)26(36)30(21)3/h5,8-10,12-17H,6-7,11H2,1-4H3,(H,29,34). The molecule has 1 amide bonds. The van der Waals surface area contributed by atoms with Crippen LogP contribution in [0.2, 0.25) is 0 Å². The molecule has 0 bridgehead atoms. The summed E-state index contributed by atoms with van der Waals surface area (Å²) in [5, 5.41) is 2.94. The van der Waals surface area contributed by atoms with Crippen molar-refractivity contribution >= 4 is 28.6 Å². The smallest absolute Gasteiger partial charge is 0.331 e. The Balaban J connectivity index is 1.37. The summed E-state index contributed by atoms with van der Waals surface area (Å²) >= 11 is 0. The predicted molar refractivity (Wildman–Crippen MR) is 139 cm³/mol. The number of benzene rings is 1. The van der Waals surface area contributed by atoms with Crippen LogP contribution in [-0.4, -0.2) is 42.2 Å². The first-order chi connectivity index (χ1) is 17.3. The number of aryl methyl sites for hydroxylation is 1. The third-order valence-electron chi connectivity index (χ3n) is 7.04. The Bertz CT molecular complexity index is 1570. The normalized spacial score (nSPS) is 16.4. The predicted octanol–water partition coefficient (Wildman–Crippen LogP) is 2.68. The molecule has 1 aromatic carbocycles. The van der Waals surface area contributed by atoms with Gasteiger partial charge in [-0.3, -0.25) is 18.7 Å². The van der Waals surface area contributed by atoms with E-state index in [0.717, 1.165) is 41.0 Å². The molecule has 1 aliphatic heterocycles. The summed E-state index contributed by atoms with van der Waals surface area (Å²) in [5.41, 5.74) is 2.31. The van der Waals surface area contributed by atoms with E-state index < -0.39 is 17.3 Å². The Morgan fingerprint density at radius 3 is 2.53 bits per heavy atom. The number of carbonyl (C=O) groups is 1. The Labute approximate surface area is 207 Å². The molecule has 2 unspecified atom stereocenters. The molecule has 0 aliphatic carbocycles. The van der Waals surface area contributed by atoms with Crippen LogP contribution < -0.4 is 21.5 Å². The van der Waals surface area contributed by atoms with Gasteiger partial charge in [0.1, 0.15) is 11.6 Å². The Morgan fingerprint density at radius 1 is 1.08 bits per heavy atom. The van der Waals surface area contributed by atoms with Crippen molar-refractivity contribution in [3.63, 3.8) is 0 Å². The molecule has 1 saturated heterocycles. The molecule has 10 nitrogen and oxygen atoms in total. The van der Waals surface area contributed by atoms with Crippen molar-refractivity contribution in [2.24, 2.45) is 14.1 Å². The van der Waals surface area contributed by atoms with Crippen LogP contribution in [0.4, 0.5) is 11.6 Å². The van der Waals surface area contributed by atoms with Crippen molar-refractivity contribution in [1.29, 1.82) is 0 Å². The lowest BCUT2D eigenvalue weighted by Gasteiger charge is -2.21. The number of hydrogen-bond acceptors (Lipinski definition) is 6. The van der Waals surface area contributed by atoms with Crippen LogP contribution in [0, 0.1) is 0 Å². The van der Waals surface area contributed by atoms with Crippen LogP contribution >= 0.6 is 0 Å². The molecule has 1 aliphatic rings. The number of nitrogens with one attached hydrogen (secondary N) is 1. The van der Waals surface area contributed by atoms with Crippen molar-refractivity contribution in [1.82, 2.24) is 23.7 Å². The van der Waals surface area contributed by atoms with E-state index in [1.807, 2.05) is 36.7 Å². The minimum Gasteiger partial charge on any atom is -0.338 e. The van der Waals surface area contributed by atoms with Crippen LogP contribution in [0.3, 0.4) is 0 Å². The Morgan fingerprint density at radius 2 is 1.83 bits per heavy atom. The lowest BCUT2D eigenvalue weighted by molar-refractivity contribution is -0.118. The zero-order chi connectivity index (χ0) is 25.6. The SMILES string of the molecule is CC1CCCN1c1ncc(-c2cccc(NC(=O)C(C)n3ccc4c3c(=O)n(C)c(=O)n4C)c2)cn1. The number of hydrogen-bond donors (Lipinski definition) is 1. The molecule has 0 radical (unpaired) electrons. The van der Waals surface area contributed by atoms with E-state index in [0.29, 0.717) is 22.8 Å². The van der Waals surface area contributed by atoms with Crippen molar-refractivity contribution in [3.8, 4) is 11.1 Å². The number of anilines is 2. The van der Waals surface area contributed by atoms with Gasteiger partial charge < -0.3 is 14.8 Å². The van der Waals surface area contributed by atoms with Crippen LogP contribution in [0.25, 0.3) is 22.2 Å². The van der Waals surface area contributed by atoms with E-state index in [2.05, 4.69) is 27.1 Å². The van der Waals surface area contributed by atoms with Crippen molar-refractivity contribution in [3.05, 3.63) is 69.8 Å². The van der Waals surface area contributed by atoms with Gasteiger partial charge in [0.05, 0.1) is 5.52 Å². The van der Waals surface area contributed by atoms with Crippen LogP contribution in [0.1, 0.15) is 32.7 Å². The van der Waals surface area contributed by atoms with E-state index in [4.69, 9.17) is 0 Å². The minimum absolute atomic E-state index is 0.282. The van der Waals surface area contributed by atoms with Gasteiger partial charge in [-0.15, -0.1) is 0 Å². The molecule has 0 saturated carbocycles. The highest BCUT2D eigenvalue weighted by Crippen LogP contribution is 2.26. The average molecular weight is 488 g/mol. The summed E-state index contributed by atoms with van der Waals surface area (Å²) in [6.07, 6.45) is 7.58. The van der Waals surface area contributed by atoms with Crippen molar-refractivity contribution in [2.75, 3.05) is 16.8 Å². The number of nitrogens with zero attached hydrogens (tertiary/aromatic N) is 6. The summed E-state index contributed by atoms with van der Waals surface area (Å²) in [4.78, 5) is 49.5. The van der Waals surface area contributed by atoms with Gasteiger partial charge >= 0.3 is 5.69 Å². The van der Waals surface area contributed by atoms with Crippen LogP contribution in [-0.2, 0) is 18.9 Å². The molecule has 4 aromatic rings. The fourth-order valence-corrected chi connectivity index (χ4v) is 4.82. The fraction of sp³-hybridized carbons (Fsp3) is 0.346. The number of fused-ring (bicyclic) bond motifs is 1. The molecule has 4 heterocycles. The fourth-order valence-electron chi connectivity index (χ4n) is 4.82. The summed E-state index contributed by atoms with van der Waals surface area (Å²) in [6.45, 7) is 4.88. The van der Waals surface area contributed by atoms with E-state index in [-0.39, 0.29) is 5.91 Å². The molecule has 2 atom stereocenters. The zero-order valence-electron chi connectivity index (χ0n) is 20.8. The third kappa shape index (κ3) is 3.98. The van der Waals surface area contributed by atoms with E-state index in [9.17, 15) is 14.4 Å². The largest absolute Gasteiger partial charge is 0.338 e. The van der Waals surface area contributed by atoms with Crippen LogP contribution in [0.5, 0.6) is 0 Å². The first-order valence-corrected chi connectivity index (χ1v) is 12.0. The highest BCUT2D eigenvalue weighted by atomic mass is 16.2. The zero-order valence-corrected chi connectivity index (χ0v) is 20.8. The van der Waals surface area contributed by atoms with Gasteiger partial charge in [0.25, 0.3) is 5.56 Å². The molecule has 10 heteroatoms. The van der Waals surface area contributed by atoms with Gasteiger partial charge in [-0.2, -0.15) is 0 Å². The minimum atomic E-state index is -0.679. The number of carbonyl (C=O) groups excluding carboxylic acids is 1. The first kappa shape index (κ1) is 23.5. The second-order valence-electron chi connectivity index (χ2n) is 9.37. The molecular weight excluding hydrogens is 458 g/mol. The molecule has 1 N–H and O–H groups in total. The van der Waals surface area contributed by atoms with Gasteiger partial charge in [-0.05, 0) is 50.5 Å². The molecule has 36 heavy (non-hydrogen) atoms. The van der Waals surface area contributed by atoms with Gasteiger partial charge in [0, 0.05) is 56.5 Å². The average Bonchev–Trinajstić information content (AvgIpc) is 3.52. The van der Waals surface area contributed by atoms with Gasteiger partial charge in [0.15, 0.2) is 0 Å². The number of aromatic nitrogens is 5. The molecule has 5 rings (SSSR count). The van der Waals surface area contributed by atoms with E-state index in [1.165, 1.54) is 11.6 Å². The summed E-state index contributed by atoms with van der Waals surface area (Å²) in [7, 11) is 3.03. The summed E-state index contributed by atoms with van der Waals surface area (Å²) < 4.78 is 4.05. The van der Waals surface area contributed by atoms with Crippen LogP contribution in [0.15, 0.2) is 58.5 Å². The summed E-state index contributed by atoms with van der Waals surface area (Å²) in [5.74, 6) is 0.458. The van der Waals surface area contributed by atoms with E-state index in [1.54, 1.807) is 30.8 Å². The molecule has 0 spiro atoms. The van der Waals surface area contributed by atoms with Gasteiger partial charge in [-0.1, -0.05) is 12.1 Å².